The van der Waals surface area contributed by atoms with Crippen molar-refractivity contribution < 1.29 is 14.6 Å². The smallest absolute Gasteiger partial charge is 0.263 e. The second-order valence-electron chi connectivity index (χ2n) is 5.20. The number of aliphatic hydroxyl groups excluding tert-OH is 1. The first-order valence-corrected chi connectivity index (χ1v) is 8.15. The fourth-order valence-electron chi connectivity index (χ4n) is 2.17. The van der Waals surface area contributed by atoms with Gasteiger partial charge in [0.25, 0.3) is 5.91 Å². The molecule has 0 aromatic carbocycles. The maximum absolute atomic E-state index is 12.2. The zero-order valence-corrected chi connectivity index (χ0v) is 13.6. The van der Waals surface area contributed by atoms with E-state index in [1.54, 1.807) is 0 Å². The highest BCUT2D eigenvalue weighted by Gasteiger charge is 2.27. The summed E-state index contributed by atoms with van der Waals surface area (Å²) in [5, 5.41) is 12.8. The minimum Gasteiger partial charge on any atom is -0.474 e. The number of aryl methyl sites for hydroxylation is 1. The van der Waals surface area contributed by atoms with Crippen molar-refractivity contribution in [3.05, 3.63) is 15.5 Å². The number of pyridine rings is 1. The topological polar surface area (TPSA) is 97.5 Å². The number of carbonyl (C=O) groups excluding carboxylic acids is 1. The standard InChI is InChI=1S/C14H16ClN3O3S/c1-6-8-10(16)11(12(20)17-7-2-3-7)22-14(8)18-13(9(6)15)21-5-4-19/h7,19H,2-5,16H2,1H3,(H,17,20). The third-order valence-electron chi connectivity index (χ3n) is 3.47. The number of nitrogen functional groups attached to an aromatic ring is 1. The highest BCUT2D eigenvalue weighted by molar-refractivity contribution is 7.21. The molecule has 0 bridgehead atoms. The van der Waals surface area contributed by atoms with E-state index in [0.29, 0.717) is 25.8 Å². The molecule has 2 heterocycles. The number of anilines is 1. The first-order valence-electron chi connectivity index (χ1n) is 6.95. The average Bonchev–Trinajstić information content (AvgIpc) is 3.23. The molecule has 3 rings (SSSR count). The number of hydrogen-bond acceptors (Lipinski definition) is 6. The number of rotatable bonds is 5. The quantitative estimate of drug-likeness (QED) is 0.773. The molecule has 1 aliphatic carbocycles. The second-order valence-corrected chi connectivity index (χ2v) is 6.58. The van der Waals surface area contributed by atoms with Gasteiger partial charge in [0.1, 0.15) is 21.3 Å². The minimum atomic E-state index is -0.170. The number of aromatic nitrogens is 1. The number of nitrogens with zero attached hydrogens (tertiary/aromatic N) is 1. The van der Waals surface area contributed by atoms with Gasteiger partial charge in [-0.1, -0.05) is 11.6 Å². The van der Waals surface area contributed by atoms with Crippen molar-refractivity contribution >= 4 is 44.7 Å². The summed E-state index contributed by atoms with van der Waals surface area (Å²) >= 11 is 7.47. The molecule has 1 fully saturated rings. The van der Waals surface area contributed by atoms with Crippen molar-refractivity contribution in [2.45, 2.75) is 25.8 Å². The third kappa shape index (κ3) is 2.71. The SMILES string of the molecule is Cc1c(Cl)c(OCCO)nc2sc(C(=O)NC3CC3)c(N)c12. The molecule has 6 nitrogen and oxygen atoms in total. The van der Waals surface area contributed by atoms with Crippen molar-refractivity contribution in [3.63, 3.8) is 0 Å². The first-order chi connectivity index (χ1) is 10.5. The fraction of sp³-hybridized carbons (Fsp3) is 0.429. The lowest BCUT2D eigenvalue weighted by molar-refractivity contribution is 0.0956. The van der Waals surface area contributed by atoms with E-state index >= 15 is 0 Å². The molecule has 22 heavy (non-hydrogen) atoms. The maximum atomic E-state index is 12.2. The summed E-state index contributed by atoms with van der Waals surface area (Å²) in [5.41, 5.74) is 7.25. The summed E-state index contributed by atoms with van der Waals surface area (Å²) in [5.74, 6) is 0.0764. The van der Waals surface area contributed by atoms with E-state index in [0.717, 1.165) is 18.4 Å². The predicted octanol–water partition coefficient (Wildman–Crippen LogP) is 2.10. The Kier molecular flexibility index (Phi) is 4.12. The lowest BCUT2D eigenvalue weighted by Crippen LogP contribution is -2.25. The molecule has 118 valence electrons. The Hall–Kier alpha value is -1.57. The lowest BCUT2D eigenvalue weighted by atomic mass is 10.1. The molecular weight excluding hydrogens is 326 g/mol. The monoisotopic (exact) mass is 341 g/mol. The minimum absolute atomic E-state index is 0.105. The Balaban J connectivity index is 2.04. The zero-order valence-electron chi connectivity index (χ0n) is 12.0. The van der Waals surface area contributed by atoms with E-state index in [-0.39, 0.29) is 31.0 Å². The Morgan fingerprint density at radius 3 is 2.95 bits per heavy atom. The van der Waals surface area contributed by atoms with Crippen molar-refractivity contribution in [1.82, 2.24) is 10.3 Å². The average molecular weight is 342 g/mol. The van der Waals surface area contributed by atoms with E-state index in [1.165, 1.54) is 11.3 Å². The number of nitrogens with two attached hydrogens (primary N) is 1. The van der Waals surface area contributed by atoms with Crippen LogP contribution < -0.4 is 15.8 Å². The van der Waals surface area contributed by atoms with Gasteiger partial charge in [-0.25, -0.2) is 4.98 Å². The third-order valence-corrected chi connectivity index (χ3v) is 5.01. The number of hydrogen-bond donors (Lipinski definition) is 3. The van der Waals surface area contributed by atoms with Gasteiger partial charge in [-0.05, 0) is 25.3 Å². The molecule has 4 N–H and O–H groups in total. The Labute approximate surface area is 136 Å². The molecular formula is C14H16ClN3O3S. The number of amides is 1. The van der Waals surface area contributed by atoms with Gasteiger partial charge in [-0.2, -0.15) is 0 Å². The summed E-state index contributed by atoms with van der Waals surface area (Å²) in [6, 6.07) is 0.262. The number of carbonyl (C=O) groups is 1. The molecule has 0 radical (unpaired) electrons. The molecule has 0 saturated heterocycles. The van der Waals surface area contributed by atoms with Crippen LogP contribution in [0.2, 0.25) is 5.02 Å². The van der Waals surface area contributed by atoms with Gasteiger partial charge in [0.15, 0.2) is 0 Å². The van der Waals surface area contributed by atoms with Gasteiger partial charge in [0.05, 0.1) is 12.3 Å². The maximum Gasteiger partial charge on any atom is 0.263 e. The van der Waals surface area contributed by atoms with Gasteiger partial charge in [-0.3, -0.25) is 4.79 Å². The number of ether oxygens (including phenoxy) is 1. The first kappa shape index (κ1) is 15.3. The number of aliphatic hydroxyl groups is 1. The molecule has 2 aromatic heterocycles. The summed E-state index contributed by atoms with van der Waals surface area (Å²) in [4.78, 5) is 17.6. The van der Waals surface area contributed by atoms with Gasteiger partial charge in [-0.15, -0.1) is 11.3 Å². The largest absolute Gasteiger partial charge is 0.474 e. The number of thiophene rings is 1. The summed E-state index contributed by atoms with van der Waals surface area (Å²) < 4.78 is 5.33. The van der Waals surface area contributed by atoms with Crippen LogP contribution in [0.25, 0.3) is 10.2 Å². The molecule has 0 aliphatic heterocycles. The molecule has 8 heteroatoms. The van der Waals surface area contributed by atoms with Crippen molar-refractivity contribution in [1.29, 1.82) is 0 Å². The van der Waals surface area contributed by atoms with Crippen LogP contribution >= 0.6 is 22.9 Å². The summed E-state index contributed by atoms with van der Waals surface area (Å²) in [7, 11) is 0. The van der Waals surface area contributed by atoms with Crippen LogP contribution in [0.5, 0.6) is 5.88 Å². The molecule has 2 aromatic rings. The van der Waals surface area contributed by atoms with Crippen LogP contribution in [-0.4, -0.2) is 35.3 Å². The van der Waals surface area contributed by atoms with E-state index in [4.69, 9.17) is 27.2 Å². The number of nitrogens with one attached hydrogen (secondary N) is 1. The highest BCUT2D eigenvalue weighted by Crippen LogP contribution is 2.40. The van der Waals surface area contributed by atoms with Crippen molar-refractivity contribution in [2.24, 2.45) is 0 Å². The highest BCUT2D eigenvalue weighted by atomic mass is 35.5. The molecule has 1 amide bonds. The van der Waals surface area contributed by atoms with Crippen LogP contribution in [0.15, 0.2) is 0 Å². The van der Waals surface area contributed by atoms with Gasteiger partial charge in [0.2, 0.25) is 5.88 Å². The van der Waals surface area contributed by atoms with Crippen LogP contribution in [0.4, 0.5) is 5.69 Å². The summed E-state index contributed by atoms with van der Waals surface area (Å²) in [6.45, 7) is 1.79. The molecule has 0 atom stereocenters. The van der Waals surface area contributed by atoms with Gasteiger partial charge < -0.3 is 20.9 Å². The van der Waals surface area contributed by atoms with Crippen LogP contribution in [0.1, 0.15) is 28.1 Å². The molecule has 0 unspecified atom stereocenters. The molecule has 1 aliphatic rings. The molecule has 0 spiro atoms. The van der Waals surface area contributed by atoms with E-state index < -0.39 is 0 Å². The number of halogens is 1. The second kappa shape index (κ2) is 5.91. The lowest BCUT2D eigenvalue weighted by Gasteiger charge is -2.08. The Morgan fingerprint density at radius 2 is 2.32 bits per heavy atom. The predicted molar refractivity (Wildman–Crippen MR) is 86.8 cm³/mol. The normalized spacial score (nSPS) is 14.3. The fourth-order valence-corrected chi connectivity index (χ4v) is 3.41. The van der Waals surface area contributed by atoms with Gasteiger partial charge >= 0.3 is 0 Å². The Bertz CT molecular complexity index is 743. The van der Waals surface area contributed by atoms with E-state index in [1.807, 2.05) is 6.92 Å². The Morgan fingerprint density at radius 1 is 1.59 bits per heavy atom. The van der Waals surface area contributed by atoms with Crippen molar-refractivity contribution in [3.8, 4) is 5.88 Å². The molecule has 1 saturated carbocycles. The van der Waals surface area contributed by atoms with Crippen LogP contribution in [-0.2, 0) is 0 Å². The summed E-state index contributed by atoms with van der Waals surface area (Å²) in [6.07, 6.45) is 2.03. The van der Waals surface area contributed by atoms with E-state index in [2.05, 4.69) is 10.3 Å². The van der Waals surface area contributed by atoms with Crippen LogP contribution in [0, 0.1) is 6.92 Å². The zero-order chi connectivity index (χ0) is 15.9. The number of fused-ring (bicyclic) bond motifs is 1. The van der Waals surface area contributed by atoms with Gasteiger partial charge in [0, 0.05) is 11.4 Å². The van der Waals surface area contributed by atoms with Crippen LogP contribution in [0.3, 0.4) is 0 Å². The van der Waals surface area contributed by atoms with E-state index in [9.17, 15) is 4.79 Å². The van der Waals surface area contributed by atoms with Crippen molar-refractivity contribution in [2.75, 3.05) is 18.9 Å².